The van der Waals surface area contributed by atoms with Crippen LogP contribution in [-0.4, -0.2) is 51.0 Å². The van der Waals surface area contributed by atoms with Gasteiger partial charge in [0.15, 0.2) is 17.3 Å². The van der Waals surface area contributed by atoms with Crippen LogP contribution < -0.4 is 24.3 Å². The van der Waals surface area contributed by atoms with Gasteiger partial charge in [-0.3, -0.25) is 0 Å². The summed E-state index contributed by atoms with van der Waals surface area (Å²) in [7, 11) is 4.88. The largest absolute Gasteiger partial charge is 0.497 e. The van der Waals surface area contributed by atoms with Gasteiger partial charge in [-0.15, -0.1) is 5.10 Å². The van der Waals surface area contributed by atoms with Crippen LogP contribution in [0.25, 0.3) is 16.7 Å². The zero-order valence-electron chi connectivity index (χ0n) is 25.5. The number of fused-ring (bicyclic) bond motifs is 1. The van der Waals surface area contributed by atoms with Gasteiger partial charge in [0.1, 0.15) is 24.0 Å². The first-order chi connectivity index (χ1) is 22.0. The summed E-state index contributed by atoms with van der Waals surface area (Å²) in [5, 5.41) is 9.20. The van der Waals surface area contributed by atoms with E-state index in [0.717, 1.165) is 33.5 Å². The Morgan fingerprint density at radius 3 is 2.33 bits per heavy atom. The lowest BCUT2D eigenvalue weighted by molar-refractivity contribution is 0.288. The fraction of sp³-hybridized carbons (Fsp3) is 0.206. The summed E-state index contributed by atoms with van der Waals surface area (Å²) in [4.78, 5) is 18.7. The number of ether oxygens (including phenoxy) is 4. The molecule has 228 valence electrons. The first-order valence-electron chi connectivity index (χ1n) is 14.4. The summed E-state index contributed by atoms with van der Waals surface area (Å²) < 4.78 is 24.0. The molecule has 6 rings (SSSR count). The molecule has 0 radical (unpaired) electrons. The molecule has 11 heteroatoms. The monoisotopic (exact) mass is 603 g/mol. The zero-order chi connectivity index (χ0) is 31.2. The van der Waals surface area contributed by atoms with Gasteiger partial charge in [0, 0.05) is 24.4 Å². The van der Waals surface area contributed by atoms with Gasteiger partial charge in [0.05, 0.1) is 32.5 Å². The van der Waals surface area contributed by atoms with Crippen molar-refractivity contribution >= 4 is 16.9 Å². The zero-order valence-corrected chi connectivity index (χ0v) is 25.5. The lowest BCUT2D eigenvalue weighted by atomic mass is 10.1. The van der Waals surface area contributed by atoms with Crippen LogP contribution in [0.3, 0.4) is 0 Å². The predicted molar refractivity (Wildman–Crippen MR) is 170 cm³/mol. The number of aryl methyl sites for hydroxylation is 1. The van der Waals surface area contributed by atoms with Crippen LogP contribution in [-0.2, 0) is 19.6 Å². The maximum absolute atomic E-state index is 6.10. The molecule has 0 fully saturated rings. The van der Waals surface area contributed by atoms with E-state index in [0.29, 0.717) is 53.8 Å². The quantitative estimate of drug-likeness (QED) is 0.186. The number of anilines is 1. The number of pyridine rings is 1. The molecule has 11 nitrogen and oxygen atoms in total. The standard InChI is InChI=1S/C34H33N7O4/c1-22-36-32(19-33(37-22)45-21-26-13-12-25-7-5-6-8-28(25)38-26)41-31(18-24-11-16-29(43-3)30(17-24)44-4)39-34(40-41)35-20-23-9-14-27(42-2)15-10-23/h5-17,19H,18,20-21H2,1-4H3,(H,35,40). The van der Waals surface area contributed by atoms with Crippen molar-refractivity contribution in [3.63, 3.8) is 0 Å². The van der Waals surface area contributed by atoms with Crippen molar-refractivity contribution in [2.75, 3.05) is 26.6 Å². The van der Waals surface area contributed by atoms with Crippen LogP contribution in [0.15, 0.2) is 84.9 Å². The van der Waals surface area contributed by atoms with Crippen LogP contribution in [0.1, 0.15) is 28.5 Å². The number of benzene rings is 3. The number of hydrogen-bond donors (Lipinski definition) is 1. The molecule has 0 bridgehead atoms. The molecule has 0 aliphatic carbocycles. The highest BCUT2D eigenvalue weighted by Crippen LogP contribution is 2.29. The summed E-state index contributed by atoms with van der Waals surface area (Å²) >= 11 is 0. The number of hydrogen-bond acceptors (Lipinski definition) is 10. The molecule has 3 heterocycles. The maximum atomic E-state index is 6.10. The molecule has 0 amide bonds. The Labute approximate surface area is 260 Å². The minimum atomic E-state index is 0.255. The Balaban J connectivity index is 1.28. The Morgan fingerprint density at radius 2 is 1.53 bits per heavy atom. The van der Waals surface area contributed by atoms with Crippen LogP contribution in [0.4, 0.5) is 5.95 Å². The van der Waals surface area contributed by atoms with Gasteiger partial charge >= 0.3 is 0 Å². The Bertz CT molecular complexity index is 1930. The molecule has 45 heavy (non-hydrogen) atoms. The second-order valence-electron chi connectivity index (χ2n) is 10.2. The lowest BCUT2D eigenvalue weighted by Crippen LogP contribution is -2.09. The summed E-state index contributed by atoms with van der Waals surface area (Å²) in [5.41, 5.74) is 3.73. The number of nitrogens with zero attached hydrogens (tertiary/aromatic N) is 6. The highest BCUT2D eigenvalue weighted by Gasteiger charge is 2.17. The molecule has 3 aromatic heterocycles. The van der Waals surface area contributed by atoms with Crippen LogP contribution in [0.5, 0.6) is 23.1 Å². The highest BCUT2D eigenvalue weighted by molar-refractivity contribution is 5.78. The molecule has 0 aliphatic rings. The smallest absolute Gasteiger partial charge is 0.243 e. The molecular formula is C34H33N7O4. The molecular weight excluding hydrogens is 570 g/mol. The Morgan fingerprint density at radius 1 is 0.733 bits per heavy atom. The van der Waals surface area contributed by atoms with Crippen molar-refractivity contribution in [1.82, 2.24) is 29.7 Å². The average molecular weight is 604 g/mol. The fourth-order valence-electron chi connectivity index (χ4n) is 4.86. The van der Waals surface area contributed by atoms with E-state index in [1.807, 2.05) is 85.8 Å². The van der Waals surface area contributed by atoms with Crippen LogP contribution >= 0.6 is 0 Å². The first-order valence-corrected chi connectivity index (χ1v) is 14.4. The molecule has 3 aromatic carbocycles. The minimum absolute atomic E-state index is 0.255. The van der Waals surface area contributed by atoms with Crippen molar-refractivity contribution in [1.29, 1.82) is 0 Å². The third-order valence-electron chi connectivity index (χ3n) is 7.14. The number of methoxy groups -OCH3 is 3. The van der Waals surface area contributed by atoms with Crippen LogP contribution in [0, 0.1) is 6.92 Å². The van der Waals surface area contributed by atoms with Gasteiger partial charge in [-0.25, -0.2) is 9.97 Å². The summed E-state index contributed by atoms with van der Waals surface area (Å²) in [6.07, 6.45) is 0.456. The lowest BCUT2D eigenvalue weighted by Gasteiger charge is -2.11. The van der Waals surface area contributed by atoms with Crippen molar-refractivity contribution in [2.45, 2.75) is 26.5 Å². The van der Waals surface area contributed by atoms with Crippen molar-refractivity contribution in [3.8, 4) is 28.9 Å². The van der Waals surface area contributed by atoms with Gasteiger partial charge in [-0.1, -0.05) is 42.5 Å². The molecule has 0 saturated heterocycles. The van der Waals surface area contributed by atoms with Crippen molar-refractivity contribution < 1.29 is 18.9 Å². The molecule has 6 aromatic rings. The topological polar surface area (TPSA) is 118 Å². The molecule has 0 saturated carbocycles. The molecule has 1 N–H and O–H groups in total. The van der Waals surface area contributed by atoms with Crippen molar-refractivity contribution in [2.24, 2.45) is 0 Å². The van der Waals surface area contributed by atoms with Gasteiger partial charge < -0.3 is 24.3 Å². The molecule has 0 spiro atoms. The minimum Gasteiger partial charge on any atom is -0.497 e. The highest BCUT2D eigenvalue weighted by atomic mass is 16.5. The van der Waals surface area contributed by atoms with E-state index < -0.39 is 0 Å². The molecule has 0 unspecified atom stereocenters. The predicted octanol–water partition coefficient (Wildman–Crippen LogP) is 5.72. The van der Waals surface area contributed by atoms with E-state index in [1.165, 1.54) is 0 Å². The van der Waals surface area contributed by atoms with Crippen LogP contribution in [0.2, 0.25) is 0 Å². The molecule has 0 aliphatic heterocycles. The van der Waals surface area contributed by atoms with Crippen molar-refractivity contribution in [3.05, 3.63) is 113 Å². The van der Waals surface area contributed by atoms with E-state index in [1.54, 1.807) is 32.1 Å². The Hall–Kier alpha value is -5.71. The van der Waals surface area contributed by atoms with Gasteiger partial charge in [0.25, 0.3) is 0 Å². The fourth-order valence-corrected chi connectivity index (χ4v) is 4.86. The SMILES string of the molecule is COc1ccc(CNc2nc(Cc3ccc(OC)c(OC)c3)n(-c3cc(OCc4ccc5ccccc5n4)nc(C)n3)n2)cc1. The number of aromatic nitrogens is 6. The van der Waals surface area contributed by atoms with E-state index in [9.17, 15) is 0 Å². The van der Waals surface area contributed by atoms with E-state index in [-0.39, 0.29) is 6.61 Å². The van der Waals surface area contributed by atoms with Gasteiger partial charge in [-0.2, -0.15) is 14.6 Å². The Kier molecular flexibility index (Phi) is 8.67. The summed E-state index contributed by atoms with van der Waals surface area (Å²) in [6.45, 7) is 2.60. The summed E-state index contributed by atoms with van der Waals surface area (Å²) in [5.74, 6) is 4.69. The normalized spacial score (nSPS) is 10.9. The third-order valence-corrected chi connectivity index (χ3v) is 7.14. The summed E-state index contributed by atoms with van der Waals surface area (Å²) in [6, 6.07) is 27.3. The average Bonchev–Trinajstić information content (AvgIpc) is 3.48. The van der Waals surface area contributed by atoms with E-state index in [4.69, 9.17) is 34.0 Å². The van der Waals surface area contributed by atoms with E-state index >= 15 is 0 Å². The second kappa shape index (κ2) is 13.3. The second-order valence-corrected chi connectivity index (χ2v) is 10.2. The number of nitrogens with one attached hydrogen (secondary N) is 1. The number of para-hydroxylation sites is 1. The number of rotatable bonds is 12. The van der Waals surface area contributed by atoms with E-state index in [2.05, 4.69) is 15.3 Å². The van der Waals surface area contributed by atoms with Gasteiger partial charge in [0.2, 0.25) is 11.8 Å². The van der Waals surface area contributed by atoms with Gasteiger partial charge in [-0.05, 0) is 54.4 Å². The third kappa shape index (κ3) is 6.93. The first kappa shape index (κ1) is 29.4. The maximum Gasteiger partial charge on any atom is 0.243 e. The molecule has 0 atom stereocenters.